The van der Waals surface area contributed by atoms with E-state index in [0.29, 0.717) is 11.2 Å². The lowest BCUT2D eigenvalue weighted by Crippen LogP contribution is -2.15. The summed E-state index contributed by atoms with van der Waals surface area (Å²) in [5, 5.41) is 1.56. The molecule has 0 bridgehead atoms. The van der Waals surface area contributed by atoms with Crippen LogP contribution in [0.3, 0.4) is 0 Å². The SMILES string of the molecule is Cc1cc(Br)cnc1NS(=O)(=O)c1cccc2c(N(C)C)cccc12. The quantitative estimate of drug-likeness (QED) is 0.688. The van der Waals surface area contributed by atoms with Crippen LogP contribution >= 0.6 is 15.9 Å². The van der Waals surface area contributed by atoms with E-state index in [1.54, 1.807) is 18.3 Å². The summed E-state index contributed by atoms with van der Waals surface area (Å²) in [6.45, 7) is 1.81. The number of fused-ring (bicyclic) bond motifs is 1. The van der Waals surface area contributed by atoms with Gasteiger partial charge in [-0.2, -0.15) is 0 Å². The van der Waals surface area contributed by atoms with E-state index in [4.69, 9.17) is 0 Å². The van der Waals surface area contributed by atoms with Crippen molar-refractivity contribution in [2.24, 2.45) is 0 Å². The van der Waals surface area contributed by atoms with E-state index < -0.39 is 10.0 Å². The smallest absolute Gasteiger partial charge is 0.263 e. The monoisotopic (exact) mass is 419 g/mol. The van der Waals surface area contributed by atoms with Crippen LogP contribution in [-0.4, -0.2) is 27.5 Å². The van der Waals surface area contributed by atoms with Crippen LogP contribution in [0.5, 0.6) is 0 Å². The summed E-state index contributed by atoms with van der Waals surface area (Å²) in [5.41, 5.74) is 1.71. The number of hydrogen-bond donors (Lipinski definition) is 1. The first-order chi connectivity index (χ1) is 11.8. The van der Waals surface area contributed by atoms with Crippen molar-refractivity contribution in [3.63, 3.8) is 0 Å². The number of nitrogens with one attached hydrogen (secondary N) is 1. The van der Waals surface area contributed by atoms with Crippen molar-refractivity contribution in [3.8, 4) is 0 Å². The second-order valence-corrected chi connectivity index (χ2v) is 8.51. The van der Waals surface area contributed by atoms with E-state index >= 15 is 0 Å². The van der Waals surface area contributed by atoms with Gasteiger partial charge in [-0.3, -0.25) is 4.72 Å². The number of anilines is 2. The fraction of sp³-hybridized carbons (Fsp3) is 0.167. The van der Waals surface area contributed by atoms with Gasteiger partial charge in [0.2, 0.25) is 0 Å². The zero-order chi connectivity index (χ0) is 18.2. The number of hydrogen-bond acceptors (Lipinski definition) is 4. The molecule has 5 nitrogen and oxygen atoms in total. The zero-order valence-corrected chi connectivity index (χ0v) is 16.5. The maximum absolute atomic E-state index is 13.0. The summed E-state index contributed by atoms with van der Waals surface area (Å²) < 4.78 is 29.3. The number of benzene rings is 2. The molecule has 3 rings (SSSR count). The van der Waals surface area contributed by atoms with Crippen LogP contribution in [0.15, 0.2) is 58.0 Å². The highest BCUT2D eigenvalue weighted by Gasteiger charge is 2.20. The Morgan fingerprint density at radius 2 is 1.76 bits per heavy atom. The highest BCUT2D eigenvalue weighted by atomic mass is 79.9. The Balaban J connectivity index is 2.13. The molecular formula is C18H18BrN3O2S. The molecule has 0 amide bonds. The van der Waals surface area contributed by atoms with Crippen LogP contribution < -0.4 is 9.62 Å². The molecule has 0 atom stereocenters. The van der Waals surface area contributed by atoms with Crippen molar-refractivity contribution in [3.05, 3.63) is 58.7 Å². The average Bonchev–Trinajstić information content (AvgIpc) is 2.56. The third-order valence-corrected chi connectivity index (χ3v) is 5.74. The molecule has 7 heteroatoms. The Morgan fingerprint density at radius 1 is 1.08 bits per heavy atom. The molecule has 130 valence electrons. The Labute approximate surface area is 155 Å². The summed E-state index contributed by atoms with van der Waals surface area (Å²) in [6, 6.07) is 12.8. The summed E-state index contributed by atoms with van der Waals surface area (Å²) >= 11 is 3.33. The summed E-state index contributed by atoms with van der Waals surface area (Å²) in [5.74, 6) is 0.323. The van der Waals surface area contributed by atoms with E-state index in [2.05, 4.69) is 25.6 Å². The second kappa shape index (κ2) is 6.65. The number of aryl methyl sites for hydroxylation is 1. The fourth-order valence-corrected chi connectivity index (χ4v) is 4.47. The summed E-state index contributed by atoms with van der Waals surface area (Å²) in [7, 11) is 0.104. The van der Waals surface area contributed by atoms with Gasteiger partial charge < -0.3 is 4.90 Å². The van der Waals surface area contributed by atoms with E-state index in [1.165, 1.54) is 0 Å². The van der Waals surface area contributed by atoms with Crippen LogP contribution in [0.2, 0.25) is 0 Å². The fourth-order valence-electron chi connectivity index (χ4n) is 2.72. The first-order valence-corrected chi connectivity index (χ1v) is 9.91. The van der Waals surface area contributed by atoms with Gasteiger partial charge in [0, 0.05) is 41.2 Å². The van der Waals surface area contributed by atoms with Crippen molar-refractivity contribution in [1.29, 1.82) is 0 Å². The van der Waals surface area contributed by atoms with E-state index in [1.807, 2.05) is 56.3 Å². The van der Waals surface area contributed by atoms with Crippen LogP contribution in [-0.2, 0) is 10.0 Å². The van der Waals surface area contributed by atoms with Crippen molar-refractivity contribution in [2.45, 2.75) is 11.8 Å². The molecule has 1 aromatic heterocycles. The Morgan fingerprint density at radius 3 is 2.44 bits per heavy atom. The highest BCUT2D eigenvalue weighted by molar-refractivity contribution is 9.10. The second-order valence-electron chi connectivity index (χ2n) is 5.95. The minimum absolute atomic E-state index is 0.234. The van der Waals surface area contributed by atoms with E-state index in [0.717, 1.165) is 21.1 Å². The van der Waals surface area contributed by atoms with Gasteiger partial charge in [0.15, 0.2) is 0 Å². The van der Waals surface area contributed by atoms with Crippen molar-refractivity contribution < 1.29 is 8.42 Å². The first kappa shape index (κ1) is 17.7. The van der Waals surface area contributed by atoms with E-state index in [9.17, 15) is 8.42 Å². The van der Waals surface area contributed by atoms with Crippen LogP contribution in [0.4, 0.5) is 11.5 Å². The molecule has 0 aliphatic heterocycles. The molecule has 0 saturated heterocycles. The standard InChI is InChI=1S/C18H18BrN3O2S/c1-12-10-13(19)11-20-18(12)21-25(23,24)17-9-5-6-14-15(17)7-4-8-16(14)22(2)3/h4-11H,1-3H3,(H,20,21). The Bertz CT molecular complexity index is 1050. The predicted molar refractivity (Wildman–Crippen MR) is 106 cm³/mol. The molecule has 3 aromatic rings. The number of aromatic nitrogens is 1. The van der Waals surface area contributed by atoms with Crippen molar-refractivity contribution in [2.75, 3.05) is 23.7 Å². The number of rotatable bonds is 4. The van der Waals surface area contributed by atoms with Gasteiger partial charge in [-0.25, -0.2) is 13.4 Å². The lowest BCUT2D eigenvalue weighted by Gasteiger charge is -2.17. The largest absolute Gasteiger partial charge is 0.377 e. The number of nitrogens with zero attached hydrogens (tertiary/aromatic N) is 2. The summed E-state index contributed by atoms with van der Waals surface area (Å²) in [6.07, 6.45) is 1.57. The molecule has 1 N–H and O–H groups in total. The Kier molecular flexibility index (Phi) is 4.71. The van der Waals surface area contributed by atoms with Crippen LogP contribution in [0.1, 0.15) is 5.56 Å². The molecule has 0 spiro atoms. The highest BCUT2D eigenvalue weighted by Crippen LogP contribution is 2.31. The normalized spacial score (nSPS) is 11.5. The lowest BCUT2D eigenvalue weighted by atomic mass is 10.1. The van der Waals surface area contributed by atoms with Gasteiger partial charge in [-0.1, -0.05) is 24.3 Å². The molecule has 1 heterocycles. The number of pyridine rings is 1. The molecule has 0 radical (unpaired) electrons. The zero-order valence-electron chi connectivity index (χ0n) is 14.1. The van der Waals surface area contributed by atoms with Crippen molar-refractivity contribution in [1.82, 2.24) is 4.98 Å². The maximum Gasteiger partial charge on any atom is 0.263 e. The average molecular weight is 420 g/mol. The molecule has 0 fully saturated rings. The molecule has 0 saturated carbocycles. The van der Waals surface area contributed by atoms with Gasteiger partial charge in [0.25, 0.3) is 10.0 Å². The van der Waals surface area contributed by atoms with Gasteiger partial charge in [0.05, 0.1) is 4.90 Å². The molecule has 0 unspecified atom stereocenters. The molecule has 2 aromatic carbocycles. The van der Waals surface area contributed by atoms with Gasteiger partial charge in [-0.15, -0.1) is 0 Å². The van der Waals surface area contributed by atoms with Gasteiger partial charge >= 0.3 is 0 Å². The third kappa shape index (κ3) is 3.48. The summed E-state index contributed by atoms with van der Waals surface area (Å²) in [4.78, 5) is 6.37. The van der Waals surface area contributed by atoms with Crippen molar-refractivity contribution >= 4 is 48.2 Å². The number of halogens is 1. The lowest BCUT2D eigenvalue weighted by molar-refractivity contribution is 0.602. The maximum atomic E-state index is 13.0. The minimum atomic E-state index is -3.76. The van der Waals surface area contributed by atoms with Gasteiger partial charge in [0.1, 0.15) is 5.82 Å². The topological polar surface area (TPSA) is 62.3 Å². The molecule has 25 heavy (non-hydrogen) atoms. The predicted octanol–water partition coefficient (Wildman–Crippen LogP) is 4.17. The van der Waals surface area contributed by atoms with Crippen LogP contribution in [0, 0.1) is 6.92 Å². The molecule has 0 aliphatic rings. The molecule has 0 aliphatic carbocycles. The van der Waals surface area contributed by atoms with Gasteiger partial charge in [-0.05, 0) is 46.6 Å². The van der Waals surface area contributed by atoms with Crippen LogP contribution in [0.25, 0.3) is 10.8 Å². The van der Waals surface area contributed by atoms with E-state index in [-0.39, 0.29) is 4.90 Å². The minimum Gasteiger partial charge on any atom is -0.377 e. The Hall–Kier alpha value is -2.12. The molecular weight excluding hydrogens is 402 g/mol. The third-order valence-electron chi connectivity index (χ3n) is 3.91. The number of sulfonamides is 1. The first-order valence-electron chi connectivity index (χ1n) is 7.63.